The highest BCUT2D eigenvalue weighted by Crippen LogP contribution is 2.28. The van der Waals surface area contributed by atoms with Crippen LogP contribution in [0, 0.1) is 12.8 Å². The van der Waals surface area contributed by atoms with Gasteiger partial charge in [-0.1, -0.05) is 0 Å². The van der Waals surface area contributed by atoms with Gasteiger partial charge in [-0.2, -0.15) is 0 Å². The smallest absolute Gasteiger partial charge is 0.328 e. The van der Waals surface area contributed by atoms with E-state index < -0.39 is 5.97 Å². The quantitative estimate of drug-likeness (QED) is 0.588. The number of pyridine rings is 1. The van der Waals surface area contributed by atoms with Crippen molar-refractivity contribution in [2.24, 2.45) is 5.92 Å². The lowest BCUT2D eigenvalue weighted by molar-refractivity contribution is -0.131. The zero-order chi connectivity index (χ0) is 15.2. The predicted octanol–water partition coefficient (Wildman–Crippen LogP) is 2.35. The van der Waals surface area contributed by atoms with Gasteiger partial charge in [0.2, 0.25) is 0 Å². The number of ether oxygens (including phenoxy) is 1. The second-order valence-electron chi connectivity index (χ2n) is 5.52. The Labute approximate surface area is 125 Å². The SMILES string of the molecule is Cc1cc(/C=C/C(=O)O)cnc1N(C)CCOCC1CC1. The van der Waals surface area contributed by atoms with Gasteiger partial charge in [0.05, 0.1) is 6.61 Å². The summed E-state index contributed by atoms with van der Waals surface area (Å²) < 4.78 is 5.63. The van der Waals surface area contributed by atoms with Crippen LogP contribution in [0.5, 0.6) is 0 Å². The van der Waals surface area contributed by atoms with Crippen molar-refractivity contribution in [3.63, 3.8) is 0 Å². The van der Waals surface area contributed by atoms with Gasteiger partial charge in [-0.15, -0.1) is 0 Å². The van der Waals surface area contributed by atoms with E-state index in [0.717, 1.165) is 42.1 Å². The fourth-order valence-electron chi connectivity index (χ4n) is 2.09. The molecule has 1 aromatic rings. The molecule has 114 valence electrons. The van der Waals surface area contributed by atoms with Crippen LogP contribution in [0.15, 0.2) is 18.3 Å². The molecule has 1 fully saturated rings. The second kappa shape index (κ2) is 7.22. The Balaban J connectivity index is 1.87. The van der Waals surface area contributed by atoms with E-state index in [9.17, 15) is 4.79 Å². The standard InChI is InChI=1S/C16H22N2O3/c1-12-9-14(5-6-15(19)20)10-17-16(12)18(2)7-8-21-11-13-3-4-13/h5-6,9-10,13H,3-4,7-8,11H2,1-2H3,(H,19,20)/b6-5+. The van der Waals surface area contributed by atoms with Gasteiger partial charge in [-0.05, 0) is 49.0 Å². The summed E-state index contributed by atoms with van der Waals surface area (Å²) in [5, 5.41) is 8.62. The molecule has 0 aliphatic heterocycles. The summed E-state index contributed by atoms with van der Waals surface area (Å²) in [5.41, 5.74) is 1.81. The first-order chi connectivity index (χ1) is 10.1. The topological polar surface area (TPSA) is 62.7 Å². The number of carboxylic acids is 1. The van der Waals surface area contributed by atoms with Crippen LogP contribution in [0.3, 0.4) is 0 Å². The van der Waals surface area contributed by atoms with Crippen LogP contribution in [-0.4, -0.2) is 42.9 Å². The molecule has 0 spiro atoms. The number of carboxylic acid groups (broad SMARTS) is 1. The predicted molar refractivity (Wildman–Crippen MR) is 82.5 cm³/mol. The molecule has 0 aromatic carbocycles. The molecule has 5 nitrogen and oxygen atoms in total. The van der Waals surface area contributed by atoms with Crippen molar-refractivity contribution in [1.29, 1.82) is 0 Å². The Morgan fingerprint density at radius 1 is 1.57 bits per heavy atom. The number of aryl methyl sites for hydroxylation is 1. The van der Waals surface area contributed by atoms with Crippen molar-refractivity contribution in [3.8, 4) is 0 Å². The van der Waals surface area contributed by atoms with Gasteiger partial charge >= 0.3 is 5.97 Å². The van der Waals surface area contributed by atoms with Crippen LogP contribution >= 0.6 is 0 Å². The Bertz CT molecular complexity index is 524. The molecule has 1 aliphatic rings. The third-order valence-electron chi connectivity index (χ3n) is 3.47. The molecule has 1 saturated carbocycles. The number of aliphatic carboxylic acids is 1. The largest absolute Gasteiger partial charge is 0.478 e. The molecule has 0 saturated heterocycles. The number of nitrogens with zero attached hydrogens (tertiary/aromatic N) is 2. The molecule has 0 atom stereocenters. The van der Waals surface area contributed by atoms with Crippen molar-refractivity contribution >= 4 is 17.9 Å². The summed E-state index contributed by atoms with van der Waals surface area (Å²) in [4.78, 5) is 17.0. The first-order valence-corrected chi connectivity index (χ1v) is 7.23. The van der Waals surface area contributed by atoms with Gasteiger partial charge in [0, 0.05) is 32.5 Å². The molecule has 0 bridgehead atoms. The lowest BCUT2D eigenvalue weighted by Crippen LogP contribution is -2.24. The Morgan fingerprint density at radius 3 is 2.95 bits per heavy atom. The second-order valence-corrected chi connectivity index (χ2v) is 5.52. The molecule has 1 aliphatic carbocycles. The highest BCUT2D eigenvalue weighted by molar-refractivity contribution is 5.85. The first-order valence-electron chi connectivity index (χ1n) is 7.23. The van der Waals surface area contributed by atoms with E-state index in [1.54, 1.807) is 12.3 Å². The highest BCUT2D eigenvalue weighted by Gasteiger charge is 2.21. The van der Waals surface area contributed by atoms with Crippen molar-refractivity contribution in [1.82, 2.24) is 4.98 Å². The number of hydrogen-bond donors (Lipinski definition) is 1. The molecule has 0 unspecified atom stereocenters. The third-order valence-corrected chi connectivity index (χ3v) is 3.47. The van der Waals surface area contributed by atoms with E-state index in [2.05, 4.69) is 9.88 Å². The molecule has 1 heterocycles. The zero-order valence-electron chi connectivity index (χ0n) is 12.6. The molecule has 5 heteroatoms. The van der Waals surface area contributed by atoms with E-state index >= 15 is 0 Å². The fourth-order valence-corrected chi connectivity index (χ4v) is 2.09. The van der Waals surface area contributed by atoms with E-state index in [-0.39, 0.29) is 0 Å². The lowest BCUT2D eigenvalue weighted by Gasteiger charge is -2.20. The maximum atomic E-state index is 10.5. The van der Waals surface area contributed by atoms with Crippen LogP contribution in [-0.2, 0) is 9.53 Å². The zero-order valence-corrected chi connectivity index (χ0v) is 12.6. The summed E-state index contributed by atoms with van der Waals surface area (Å²) in [6, 6.07) is 1.93. The van der Waals surface area contributed by atoms with Crippen molar-refractivity contribution < 1.29 is 14.6 Å². The maximum Gasteiger partial charge on any atom is 0.328 e. The summed E-state index contributed by atoms with van der Waals surface area (Å²) in [5.74, 6) is 0.731. The molecule has 1 aromatic heterocycles. The Hall–Kier alpha value is -1.88. The number of carbonyl (C=O) groups is 1. The average Bonchev–Trinajstić information content (AvgIpc) is 3.25. The molecule has 1 N–H and O–H groups in total. The van der Waals surface area contributed by atoms with Gasteiger partial charge in [-0.25, -0.2) is 9.78 Å². The first kappa shape index (κ1) is 15.5. The number of anilines is 1. The molecular formula is C16H22N2O3. The summed E-state index contributed by atoms with van der Waals surface area (Å²) in [7, 11) is 1.99. The summed E-state index contributed by atoms with van der Waals surface area (Å²) in [6.45, 7) is 4.35. The molecule has 2 rings (SSSR count). The number of aromatic nitrogens is 1. The van der Waals surface area contributed by atoms with Crippen LogP contribution in [0.1, 0.15) is 24.0 Å². The average molecular weight is 290 g/mol. The van der Waals surface area contributed by atoms with Crippen LogP contribution in [0.4, 0.5) is 5.82 Å². The minimum Gasteiger partial charge on any atom is -0.478 e. The monoisotopic (exact) mass is 290 g/mol. The van der Waals surface area contributed by atoms with Gasteiger partial charge in [-0.3, -0.25) is 0 Å². The fraction of sp³-hybridized carbons (Fsp3) is 0.500. The minimum atomic E-state index is -0.957. The minimum absolute atomic E-state index is 0.703. The van der Waals surface area contributed by atoms with Gasteiger partial charge in [0.25, 0.3) is 0 Å². The lowest BCUT2D eigenvalue weighted by atomic mass is 10.2. The maximum absolute atomic E-state index is 10.5. The normalized spacial score (nSPS) is 14.6. The van der Waals surface area contributed by atoms with Gasteiger partial charge in [0.1, 0.15) is 5.82 Å². The highest BCUT2D eigenvalue weighted by atomic mass is 16.5. The number of likely N-dealkylation sites (N-methyl/N-ethyl adjacent to an activating group) is 1. The van der Waals surface area contributed by atoms with Crippen molar-refractivity contribution in [3.05, 3.63) is 29.5 Å². The number of hydrogen-bond acceptors (Lipinski definition) is 4. The molecule has 21 heavy (non-hydrogen) atoms. The summed E-state index contributed by atoms with van der Waals surface area (Å²) in [6.07, 6.45) is 6.96. The Morgan fingerprint density at radius 2 is 2.33 bits per heavy atom. The van der Waals surface area contributed by atoms with Crippen molar-refractivity contribution in [2.75, 3.05) is 31.7 Å². The van der Waals surface area contributed by atoms with E-state index in [0.29, 0.717) is 6.61 Å². The Kier molecular flexibility index (Phi) is 5.33. The van der Waals surface area contributed by atoms with E-state index in [1.807, 2.05) is 20.0 Å². The van der Waals surface area contributed by atoms with E-state index in [4.69, 9.17) is 9.84 Å². The van der Waals surface area contributed by atoms with Crippen LogP contribution in [0.2, 0.25) is 0 Å². The van der Waals surface area contributed by atoms with Gasteiger partial charge in [0.15, 0.2) is 0 Å². The van der Waals surface area contributed by atoms with E-state index in [1.165, 1.54) is 12.8 Å². The molecule has 0 amide bonds. The third kappa shape index (κ3) is 5.19. The van der Waals surface area contributed by atoms with Crippen molar-refractivity contribution in [2.45, 2.75) is 19.8 Å². The number of rotatable bonds is 8. The van der Waals surface area contributed by atoms with Gasteiger partial charge < -0.3 is 14.7 Å². The summed E-state index contributed by atoms with van der Waals surface area (Å²) >= 11 is 0. The molecular weight excluding hydrogens is 268 g/mol. The molecule has 0 radical (unpaired) electrons. The van der Waals surface area contributed by atoms with Crippen LogP contribution < -0.4 is 4.90 Å². The van der Waals surface area contributed by atoms with Crippen LogP contribution in [0.25, 0.3) is 6.08 Å².